The second-order valence-corrected chi connectivity index (χ2v) is 12.0. The molecule has 0 radical (unpaired) electrons. The van der Waals surface area contributed by atoms with Crippen molar-refractivity contribution in [2.24, 2.45) is 5.92 Å². The van der Waals surface area contributed by atoms with Crippen LogP contribution >= 0.6 is 0 Å². The first-order chi connectivity index (χ1) is 21.2. The Labute approximate surface area is 256 Å². The Morgan fingerprint density at radius 1 is 0.744 bits per heavy atom. The third kappa shape index (κ3) is 7.01. The van der Waals surface area contributed by atoms with Gasteiger partial charge in [0.1, 0.15) is 12.4 Å². The summed E-state index contributed by atoms with van der Waals surface area (Å²) in [7, 11) is 0. The van der Waals surface area contributed by atoms with E-state index in [-0.39, 0.29) is 17.9 Å². The van der Waals surface area contributed by atoms with Crippen LogP contribution in [0.15, 0.2) is 115 Å². The van der Waals surface area contributed by atoms with Crippen molar-refractivity contribution >= 4 is 11.6 Å². The molecule has 2 fully saturated rings. The Bertz CT molecular complexity index is 1340. The lowest BCUT2D eigenvalue weighted by atomic mass is 9.75. The van der Waals surface area contributed by atoms with Crippen molar-refractivity contribution in [3.63, 3.8) is 0 Å². The van der Waals surface area contributed by atoms with Gasteiger partial charge in [0, 0.05) is 30.3 Å². The van der Waals surface area contributed by atoms with Gasteiger partial charge in [0.05, 0.1) is 5.54 Å². The monoisotopic (exact) mass is 573 g/mol. The average molecular weight is 574 g/mol. The fraction of sp³-hybridized carbons (Fsp3) is 0.342. The molecule has 2 atom stereocenters. The van der Waals surface area contributed by atoms with Gasteiger partial charge in [-0.25, -0.2) is 0 Å². The van der Waals surface area contributed by atoms with Gasteiger partial charge in [-0.05, 0) is 74.0 Å². The Hall–Kier alpha value is -3.93. The fourth-order valence-corrected chi connectivity index (χ4v) is 6.89. The maximum Gasteiger partial charge on any atom is 0.227 e. The van der Waals surface area contributed by atoms with E-state index in [0.29, 0.717) is 6.61 Å². The predicted molar refractivity (Wildman–Crippen MR) is 174 cm³/mol. The maximum atomic E-state index is 13.6. The zero-order valence-electron chi connectivity index (χ0n) is 25.0. The van der Waals surface area contributed by atoms with Crippen molar-refractivity contribution in [3.05, 3.63) is 132 Å². The van der Waals surface area contributed by atoms with Crippen LogP contribution in [-0.4, -0.2) is 43.1 Å². The van der Waals surface area contributed by atoms with Gasteiger partial charge in [0.25, 0.3) is 0 Å². The molecule has 4 aromatic rings. The van der Waals surface area contributed by atoms with Gasteiger partial charge in [0.15, 0.2) is 0 Å². The molecule has 1 amide bonds. The standard InChI is InChI=1S/C38H43N3O2/c42-37(39-34-21-13-23-36(29-34)43-27-26-41-24-10-11-25-41)30-14-12-22-35(28-30)40-38(31-15-4-1-5-16-31,32-17-6-2-7-18-32)33-19-8-3-9-20-33/h1-9,13,15-21,23,29-30,35,40H,10-12,14,22,24-28H2,(H,39,42). The summed E-state index contributed by atoms with van der Waals surface area (Å²) in [4.78, 5) is 16.0. The third-order valence-corrected chi connectivity index (χ3v) is 9.06. The molecule has 4 aromatic carbocycles. The molecule has 1 saturated carbocycles. The van der Waals surface area contributed by atoms with E-state index in [1.165, 1.54) is 42.6 Å². The first-order valence-corrected chi connectivity index (χ1v) is 15.9. The van der Waals surface area contributed by atoms with Crippen molar-refractivity contribution in [2.75, 3.05) is 31.6 Å². The predicted octanol–water partition coefficient (Wildman–Crippen LogP) is 7.24. The van der Waals surface area contributed by atoms with Crippen LogP contribution in [0.3, 0.4) is 0 Å². The van der Waals surface area contributed by atoms with Crippen molar-refractivity contribution in [1.82, 2.24) is 10.2 Å². The van der Waals surface area contributed by atoms with Gasteiger partial charge in [0.2, 0.25) is 5.91 Å². The summed E-state index contributed by atoms with van der Waals surface area (Å²) in [6.07, 6.45) is 6.27. The van der Waals surface area contributed by atoms with Crippen molar-refractivity contribution in [2.45, 2.75) is 50.1 Å². The van der Waals surface area contributed by atoms with Gasteiger partial charge in [-0.15, -0.1) is 0 Å². The lowest BCUT2D eigenvalue weighted by molar-refractivity contribution is -0.121. The minimum atomic E-state index is -0.534. The van der Waals surface area contributed by atoms with E-state index in [1.54, 1.807) is 0 Å². The Kier molecular flexibility index (Phi) is 9.51. The Morgan fingerprint density at radius 3 is 1.95 bits per heavy atom. The maximum absolute atomic E-state index is 13.6. The Balaban J connectivity index is 1.18. The molecule has 0 bridgehead atoms. The van der Waals surface area contributed by atoms with Crippen molar-refractivity contribution < 1.29 is 9.53 Å². The zero-order chi connectivity index (χ0) is 29.3. The second-order valence-electron chi connectivity index (χ2n) is 12.0. The number of nitrogens with one attached hydrogen (secondary N) is 2. The minimum Gasteiger partial charge on any atom is -0.492 e. The molecule has 2 N–H and O–H groups in total. The SMILES string of the molecule is O=C(Nc1cccc(OCCN2CCCC2)c1)C1CCCC(NC(c2ccccc2)(c2ccccc2)c2ccccc2)C1. The number of likely N-dealkylation sites (tertiary alicyclic amines) is 1. The van der Waals surface area contributed by atoms with Crippen LogP contribution in [0.25, 0.3) is 0 Å². The lowest BCUT2D eigenvalue weighted by Gasteiger charge is -2.42. The molecule has 2 unspecified atom stereocenters. The highest BCUT2D eigenvalue weighted by Crippen LogP contribution is 2.39. The lowest BCUT2D eigenvalue weighted by Crippen LogP contribution is -2.51. The smallest absolute Gasteiger partial charge is 0.227 e. The molecule has 1 heterocycles. The molecule has 0 aromatic heterocycles. The number of ether oxygens (including phenoxy) is 1. The highest BCUT2D eigenvalue weighted by Gasteiger charge is 2.40. The quantitative estimate of drug-likeness (QED) is 0.186. The van der Waals surface area contributed by atoms with Crippen LogP contribution in [0.1, 0.15) is 55.2 Å². The number of amides is 1. The van der Waals surface area contributed by atoms with Crippen LogP contribution in [0, 0.1) is 5.92 Å². The van der Waals surface area contributed by atoms with Gasteiger partial charge < -0.3 is 10.1 Å². The van der Waals surface area contributed by atoms with E-state index in [0.717, 1.165) is 43.7 Å². The number of hydrogen-bond donors (Lipinski definition) is 2. The summed E-state index contributed by atoms with van der Waals surface area (Å²) in [6, 6.07) is 40.1. The van der Waals surface area contributed by atoms with Gasteiger partial charge >= 0.3 is 0 Å². The molecule has 1 saturated heterocycles. The third-order valence-electron chi connectivity index (χ3n) is 9.06. The largest absolute Gasteiger partial charge is 0.492 e. The molecule has 5 heteroatoms. The number of carbonyl (C=O) groups is 1. The summed E-state index contributed by atoms with van der Waals surface area (Å²) < 4.78 is 6.03. The number of carbonyl (C=O) groups excluding carboxylic acids is 1. The van der Waals surface area contributed by atoms with E-state index >= 15 is 0 Å². The van der Waals surface area contributed by atoms with Gasteiger partial charge in [-0.3, -0.25) is 15.0 Å². The summed E-state index contributed by atoms with van der Waals surface area (Å²) >= 11 is 0. The van der Waals surface area contributed by atoms with Crippen LogP contribution in [0.4, 0.5) is 5.69 Å². The molecule has 43 heavy (non-hydrogen) atoms. The molecular formula is C38H43N3O2. The normalized spacial score (nSPS) is 19.2. The Morgan fingerprint density at radius 2 is 1.35 bits per heavy atom. The number of benzene rings is 4. The number of nitrogens with zero attached hydrogens (tertiary/aromatic N) is 1. The molecule has 0 spiro atoms. The van der Waals surface area contributed by atoms with E-state index in [9.17, 15) is 4.79 Å². The zero-order valence-corrected chi connectivity index (χ0v) is 25.0. The fourth-order valence-electron chi connectivity index (χ4n) is 6.89. The molecular weight excluding hydrogens is 530 g/mol. The first-order valence-electron chi connectivity index (χ1n) is 15.9. The van der Waals surface area contributed by atoms with E-state index in [1.807, 2.05) is 24.3 Å². The molecule has 2 aliphatic rings. The van der Waals surface area contributed by atoms with Crippen molar-refractivity contribution in [3.8, 4) is 5.75 Å². The van der Waals surface area contributed by atoms with Crippen molar-refractivity contribution in [1.29, 1.82) is 0 Å². The molecule has 1 aliphatic carbocycles. The second kappa shape index (κ2) is 14.0. The highest BCUT2D eigenvalue weighted by atomic mass is 16.5. The minimum absolute atomic E-state index is 0.0639. The average Bonchev–Trinajstić information content (AvgIpc) is 3.59. The van der Waals surface area contributed by atoms with Crippen LogP contribution in [-0.2, 0) is 10.3 Å². The molecule has 1 aliphatic heterocycles. The molecule has 5 nitrogen and oxygen atoms in total. The number of rotatable bonds is 11. The van der Waals surface area contributed by atoms with Crippen LogP contribution in [0.2, 0.25) is 0 Å². The topological polar surface area (TPSA) is 53.6 Å². The summed E-state index contributed by atoms with van der Waals surface area (Å²) in [5.41, 5.74) is 3.85. The van der Waals surface area contributed by atoms with Crippen LogP contribution in [0.5, 0.6) is 5.75 Å². The van der Waals surface area contributed by atoms with E-state index in [2.05, 4.69) is 107 Å². The molecule has 222 valence electrons. The van der Waals surface area contributed by atoms with E-state index in [4.69, 9.17) is 4.74 Å². The summed E-state index contributed by atoms with van der Waals surface area (Å²) in [5, 5.41) is 7.32. The van der Waals surface area contributed by atoms with Crippen LogP contribution < -0.4 is 15.4 Å². The van der Waals surface area contributed by atoms with Gasteiger partial charge in [-0.1, -0.05) is 103 Å². The van der Waals surface area contributed by atoms with Gasteiger partial charge in [-0.2, -0.15) is 0 Å². The molecule has 6 rings (SSSR count). The number of hydrogen-bond acceptors (Lipinski definition) is 4. The summed E-state index contributed by atoms with van der Waals surface area (Å²) in [5.74, 6) is 0.829. The van der Waals surface area contributed by atoms with E-state index < -0.39 is 5.54 Å². The highest BCUT2D eigenvalue weighted by molar-refractivity contribution is 5.92. The summed E-state index contributed by atoms with van der Waals surface area (Å²) in [6.45, 7) is 3.95. The first kappa shape index (κ1) is 29.2. The number of anilines is 1.